The third-order valence-corrected chi connectivity index (χ3v) is 6.29. The number of fused-ring (bicyclic) bond motifs is 1. The molecule has 162 valence electrons. The summed E-state index contributed by atoms with van der Waals surface area (Å²) in [7, 11) is -3.98. The average Bonchev–Trinajstić information content (AvgIpc) is 3.12. The maximum atomic E-state index is 13.0. The summed E-state index contributed by atoms with van der Waals surface area (Å²) < 4.78 is 64.0. The first kappa shape index (κ1) is 22.1. The second-order valence-corrected chi connectivity index (χ2v) is 9.40. The molecule has 3 rings (SSSR count). The zero-order valence-electron chi connectivity index (χ0n) is 16.7. The molecule has 0 aromatic heterocycles. The fourth-order valence-electron chi connectivity index (χ4n) is 3.60. The number of halogens is 3. The largest absolute Gasteiger partial charge is 0.416 e. The molecule has 0 aliphatic heterocycles. The fourth-order valence-corrected chi connectivity index (χ4v) is 4.45. The average molecular weight is 440 g/mol. The smallest absolute Gasteiger partial charge is 0.348 e. The molecule has 0 bridgehead atoms. The minimum atomic E-state index is -4.62. The van der Waals surface area contributed by atoms with Crippen LogP contribution in [0.15, 0.2) is 42.5 Å². The summed E-state index contributed by atoms with van der Waals surface area (Å²) in [6, 6.07) is 9.54. The van der Waals surface area contributed by atoms with Crippen molar-refractivity contribution < 1.29 is 26.4 Å². The highest BCUT2D eigenvalue weighted by Crippen LogP contribution is 2.32. The highest BCUT2D eigenvalue weighted by Gasteiger charge is 2.32. The lowest BCUT2D eigenvalue weighted by molar-refractivity contribution is -0.137. The van der Waals surface area contributed by atoms with E-state index in [1.54, 1.807) is 6.92 Å². The van der Waals surface area contributed by atoms with E-state index in [0.29, 0.717) is 4.31 Å². The van der Waals surface area contributed by atoms with Crippen molar-refractivity contribution >= 4 is 21.6 Å². The highest BCUT2D eigenvalue weighted by molar-refractivity contribution is 7.92. The summed E-state index contributed by atoms with van der Waals surface area (Å²) in [4.78, 5) is 12.5. The number of sulfonamides is 1. The molecule has 1 aliphatic rings. The van der Waals surface area contributed by atoms with Gasteiger partial charge in [-0.2, -0.15) is 13.2 Å². The summed E-state index contributed by atoms with van der Waals surface area (Å²) in [6.45, 7) is 1.17. The standard InChI is InChI=1S/C21H23F3N2O3S/c1-14(16-10-9-15-5-3-6-17(15)11-16)25-20(27)13-26(30(2,28)29)19-8-4-7-18(12-19)21(22,23)24/h4,7-12,14H,3,5-6,13H2,1-2H3,(H,25,27)/t14-/m1/s1. The Morgan fingerprint density at radius 2 is 1.83 bits per heavy atom. The van der Waals surface area contributed by atoms with Crippen LogP contribution in [0.3, 0.4) is 0 Å². The van der Waals surface area contributed by atoms with Crippen LogP contribution in [0, 0.1) is 0 Å². The van der Waals surface area contributed by atoms with Gasteiger partial charge in [0.25, 0.3) is 0 Å². The zero-order valence-corrected chi connectivity index (χ0v) is 17.5. The van der Waals surface area contributed by atoms with Gasteiger partial charge in [-0.25, -0.2) is 8.42 Å². The number of aryl methyl sites for hydroxylation is 2. The summed E-state index contributed by atoms with van der Waals surface area (Å²) in [5, 5.41) is 2.74. The van der Waals surface area contributed by atoms with E-state index in [9.17, 15) is 26.4 Å². The van der Waals surface area contributed by atoms with Gasteiger partial charge >= 0.3 is 6.18 Å². The number of nitrogens with zero attached hydrogens (tertiary/aromatic N) is 1. The van der Waals surface area contributed by atoms with Crippen LogP contribution < -0.4 is 9.62 Å². The molecule has 0 spiro atoms. The number of hydrogen-bond donors (Lipinski definition) is 1. The summed E-state index contributed by atoms with van der Waals surface area (Å²) in [5.74, 6) is -0.606. The van der Waals surface area contributed by atoms with Crippen LogP contribution >= 0.6 is 0 Å². The Bertz CT molecular complexity index is 1050. The Kier molecular flexibility index (Phi) is 6.12. The Hall–Kier alpha value is -2.55. The second-order valence-electron chi connectivity index (χ2n) is 7.49. The van der Waals surface area contributed by atoms with Gasteiger partial charge in [-0.15, -0.1) is 0 Å². The van der Waals surface area contributed by atoms with Crippen LogP contribution in [0.25, 0.3) is 0 Å². The lowest BCUT2D eigenvalue weighted by Crippen LogP contribution is -2.41. The molecule has 0 fully saturated rings. The van der Waals surface area contributed by atoms with Gasteiger partial charge in [0, 0.05) is 0 Å². The van der Waals surface area contributed by atoms with E-state index in [1.165, 1.54) is 17.2 Å². The van der Waals surface area contributed by atoms with Crippen LogP contribution in [-0.2, 0) is 33.8 Å². The summed E-state index contributed by atoms with van der Waals surface area (Å²) >= 11 is 0. The molecule has 1 amide bonds. The van der Waals surface area contributed by atoms with Crippen LogP contribution in [-0.4, -0.2) is 27.1 Å². The second kappa shape index (κ2) is 8.29. The van der Waals surface area contributed by atoms with Crippen molar-refractivity contribution in [3.8, 4) is 0 Å². The van der Waals surface area contributed by atoms with Crippen LogP contribution in [0.4, 0.5) is 18.9 Å². The number of alkyl halides is 3. The molecular formula is C21H23F3N2O3S. The van der Waals surface area contributed by atoms with Crippen molar-refractivity contribution in [1.29, 1.82) is 0 Å². The molecule has 0 radical (unpaired) electrons. The van der Waals surface area contributed by atoms with E-state index in [2.05, 4.69) is 5.32 Å². The van der Waals surface area contributed by atoms with Gasteiger partial charge in [-0.1, -0.05) is 24.3 Å². The van der Waals surface area contributed by atoms with E-state index in [1.807, 2.05) is 18.2 Å². The van der Waals surface area contributed by atoms with Gasteiger partial charge in [-0.05, 0) is 61.1 Å². The number of nitrogens with one attached hydrogen (secondary N) is 1. The van der Waals surface area contributed by atoms with Crippen molar-refractivity contribution in [3.63, 3.8) is 0 Å². The molecular weight excluding hydrogens is 417 g/mol. The van der Waals surface area contributed by atoms with Crippen molar-refractivity contribution in [1.82, 2.24) is 5.32 Å². The van der Waals surface area contributed by atoms with Crippen molar-refractivity contribution in [2.45, 2.75) is 38.4 Å². The van der Waals surface area contributed by atoms with E-state index in [4.69, 9.17) is 0 Å². The number of hydrogen-bond acceptors (Lipinski definition) is 3. The number of rotatable bonds is 6. The Balaban J connectivity index is 1.76. The Morgan fingerprint density at radius 3 is 2.50 bits per heavy atom. The van der Waals surface area contributed by atoms with Crippen LogP contribution in [0.1, 0.15) is 41.6 Å². The minimum Gasteiger partial charge on any atom is -0.348 e. The molecule has 0 unspecified atom stereocenters. The maximum absolute atomic E-state index is 13.0. The molecule has 2 aromatic carbocycles. The molecule has 0 saturated heterocycles. The number of amides is 1. The van der Waals surface area contributed by atoms with Gasteiger partial charge in [0.2, 0.25) is 15.9 Å². The zero-order chi connectivity index (χ0) is 22.1. The van der Waals surface area contributed by atoms with E-state index >= 15 is 0 Å². The maximum Gasteiger partial charge on any atom is 0.416 e. The highest BCUT2D eigenvalue weighted by atomic mass is 32.2. The molecule has 2 aromatic rings. The summed E-state index contributed by atoms with van der Waals surface area (Å²) in [5.41, 5.74) is 2.24. The summed E-state index contributed by atoms with van der Waals surface area (Å²) in [6.07, 6.45) is -0.647. The lowest BCUT2D eigenvalue weighted by Gasteiger charge is -2.24. The van der Waals surface area contributed by atoms with Crippen LogP contribution in [0.5, 0.6) is 0 Å². The third-order valence-electron chi connectivity index (χ3n) is 5.15. The first-order valence-electron chi connectivity index (χ1n) is 9.51. The first-order valence-corrected chi connectivity index (χ1v) is 11.4. The predicted molar refractivity (Wildman–Crippen MR) is 109 cm³/mol. The number of anilines is 1. The number of benzene rings is 2. The number of carbonyl (C=O) groups excluding carboxylic acids is 1. The van der Waals surface area contributed by atoms with E-state index in [0.717, 1.165) is 49.3 Å². The van der Waals surface area contributed by atoms with E-state index < -0.39 is 34.2 Å². The SMILES string of the molecule is C[C@@H](NC(=O)CN(c1cccc(C(F)(F)F)c1)S(C)(=O)=O)c1ccc2c(c1)CCC2. The Morgan fingerprint density at radius 1 is 1.13 bits per heavy atom. The molecule has 0 saturated carbocycles. The predicted octanol–water partition coefficient (Wildman–Crippen LogP) is 3.84. The molecule has 1 atom stereocenters. The first-order chi connectivity index (χ1) is 13.9. The molecule has 5 nitrogen and oxygen atoms in total. The number of carbonyl (C=O) groups is 1. The van der Waals surface area contributed by atoms with Gasteiger partial charge in [0.05, 0.1) is 23.5 Å². The topological polar surface area (TPSA) is 66.5 Å². The quantitative estimate of drug-likeness (QED) is 0.742. The van der Waals surface area contributed by atoms with Gasteiger partial charge < -0.3 is 5.32 Å². The van der Waals surface area contributed by atoms with Crippen molar-refractivity contribution in [2.75, 3.05) is 17.1 Å². The fraction of sp³-hybridized carbons (Fsp3) is 0.381. The lowest BCUT2D eigenvalue weighted by atomic mass is 10.0. The molecule has 1 N–H and O–H groups in total. The van der Waals surface area contributed by atoms with Crippen molar-refractivity contribution in [2.24, 2.45) is 0 Å². The van der Waals surface area contributed by atoms with E-state index in [-0.39, 0.29) is 11.7 Å². The van der Waals surface area contributed by atoms with Crippen LogP contribution in [0.2, 0.25) is 0 Å². The van der Waals surface area contributed by atoms with Gasteiger partial charge in [-0.3, -0.25) is 9.10 Å². The Labute approximate surface area is 173 Å². The third kappa shape index (κ3) is 5.13. The molecule has 0 heterocycles. The monoisotopic (exact) mass is 440 g/mol. The molecule has 9 heteroatoms. The van der Waals surface area contributed by atoms with Gasteiger partial charge in [0.15, 0.2) is 0 Å². The normalized spacial score (nSPS) is 14.8. The van der Waals surface area contributed by atoms with Crippen molar-refractivity contribution in [3.05, 3.63) is 64.7 Å². The van der Waals surface area contributed by atoms with Gasteiger partial charge in [0.1, 0.15) is 6.54 Å². The minimum absolute atomic E-state index is 0.215. The molecule has 30 heavy (non-hydrogen) atoms. The molecule has 1 aliphatic carbocycles.